The van der Waals surface area contributed by atoms with Crippen molar-refractivity contribution in [1.29, 1.82) is 0 Å². The molecule has 24 heavy (non-hydrogen) atoms. The molecule has 2 aromatic rings. The molecule has 1 aliphatic rings. The van der Waals surface area contributed by atoms with E-state index in [-0.39, 0.29) is 12.2 Å². The van der Waals surface area contributed by atoms with Crippen molar-refractivity contribution in [3.63, 3.8) is 0 Å². The summed E-state index contributed by atoms with van der Waals surface area (Å²) in [6, 6.07) is 13.2. The highest BCUT2D eigenvalue weighted by Gasteiger charge is 2.11. The molecule has 0 bridgehead atoms. The number of aliphatic carboxylic acids is 1. The summed E-state index contributed by atoms with van der Waals surface area (Å²) in [5.41, 5.74) is 5.14. The van der Waals surface area contributed by atoms with Crippen molar-refractivity contribution in [2.75, 3.05) is 0 Å². The minimum Gasteiger partial charge on any atom is -0.508 e. The van der Waals surface area contributed by atoms with Gasteiger partial charge in [-0.2, -0.15) is 0 Å². The van der Waals surface area contributed by atoms with Crippen LogP contribution in [0.3, 0.4) is 0 Å². The number of carboxylic acids is 1. The van der Waals surface area contributed by atoms with Gasteiger partial charge in [0.1, 0.15) is 5.75 Å². The van der Waals surface area contributed by atoms with Crippen molar-refractivity contribution >= 4 is 11.5 Å². The molecule has 0 aromatic heterocycles. The number of rotatable bonds is 5. The Hall–Kier alpha value is -2.81. The average molecular weight is 320 g/mol. The second kappa shape index (κ2) is 7.18. The van der Waals surface area contributed by atoms with Crippen LogP contribution in [0.25, 0.3) is 16.7 Å². The van der Waals surface area contributed by atoms with Gasteiger partial charge in [0.15, 0.2) is 0 Å². The number of phenolic OH excluding ortho intramolecular Hbond substituents is 1. The summed E-state index contributed by atoms with van der Waals surface area (Å²) >= 11 is 0. The van der Waals surface area contributed by atoms with Gasteiger partial charge in [0, 0.05) is 6.42 Å². The maximum absolute atomic E-state index is 11.0. The fraction of sp³-hybridized carbons (Fsp3) is 0.190. The fourth-order valence-electron chi connectivity index (χ4n) is 3.00. The number of benzene rings is 2. The largest absolute Gasteiger partial charge is 0.508 e. The smallest absolute Gasteiger partial charge is 0.303 e. The Morgan fingerprint density at radius 2 is 1.92 bits per heavy atom. The molecule has 0 radical (unpaired) electrons. The number of allylic oxidation sites excluding steroid dienone is 4. The first-order valence-corrected chi connectivity index (χ1v) is 8.15. The molecule has 3 heteroatoms. The summed E-state index contributed by atoms with van der Waals surface area (Å²) in [6.07, 6.45) is 9.14. The maximum Gasteiger partial charge on any atom is 0.303 e. The summed E-state index contributed by atoms with van der Waals surface area (Å²) in [5, 5.41) is 18.8. The van der Waals surface area contributed by atoms with Crippen molar-refractivity contribution < 1.29 is 15.0 Å². The lowest BCUT2D eigenvalue weighted by atomic mass is 9.91. The molecule has 0 unspecified atom stereocenters. The number of hydrogen-bond acceptors (Lipinski definition) is 2. The van der Waals surface area contributed by atoms with Gasteiger partial charge in [-0.1, -0.05) is 48.6 Å². The van der Waals surface area contributed by atoms with Crippen LogP contribution in [0.4, 0.5) is 0 Å². The molecular weight excluding hydrogens is 300 g/mol. The molecule has 0 atom stereocenters. The summed E-state index contributed by atoms with van der Waals surface area (Å²) in [7, 11) is 0. The molecule has 1 aliphatic carbocycles. The van der Waals surface area contributed by atoms with Gasteiger partial charge < -0.3 is 10.2 Å². The number of aromatic hydroxyl groups is 1. The van der Waals surface area contributed by atoms with E-state index in [1.54, 1.807) is 18.2 Å². The summed E-state index contributed by atoms with van der Waals surface area (Å²) in [6.45, 7) is 0. The third-order valence-electron chi connectivity index (χ3n) is 4.20. The molecule has 0 heterocycles. The minimum atomic E-state index is -0.806. The lowest BCUT2D eigenvalue weighted by Gasteiger charge is -2.14. The van der Waals surface area contributed by atoms with Gasteiger partial charge in [-0.25, -0.2) is 0 Å². The first kappa shape index (κ1) is 16.1. The van der Waals surface area contributed by atoms with Crippen LogP contribution in [-0.2, 0) is 11.2 Å². The molecule has 3 nitrogen and oxygen atoms in total. The van der Waals surface area contributed by atoms with E-state index in [0.29, 0.717) is 6.42 Å². The summed E-state index contributed by atoms with van der Waals surface area (Å²) in [5.74, 6) is -0.599. The average Bonchev–Trinajstić information content (AvgIpc) is 2.60. The van der Waals surface area contributed by atoms with Gasteiger partial charge in [0.05, 0.1) is 0 Å². The van der Waals surface area contributed by atoms with Gasteiger partial charge in [0.2, 0.25) is 0 Å². The number of aryl methyl sites for hydroxylation is 1. The Labute approximate surface area is 141 Å². The van der Waals surface area contributed by atoms with Crippen LogP contribution < -0.4 is 0 Å². The van der Waals surface area contributed by atoms with E-state index in [0.717, 1.165) is 35.1 Å². The molecule has 0 spiro atoms. The van der Waals surface area contributed by atoms with Crippen LogP contribution in [0, 0.1) is 0 Å². The molecule has 0 aliphatic heterocycles. The molecule has 0 fully saturated rings. The predicted octanol–water partition coefficient (Wildman–Crippen LogP) is 4.81. The maximum atomic E-state index is 11.0. The second-order valence-corrected chi connectivity index (χ2v) is 5.96. The molecule has 122 valence electrons. The summed E-state index contributed by atoms with van der Waals surface area (Å²) in [4.78, 5) is 11.0. The topological polar surface area (TPSA) is 57.5 Å². The Balaban J connectivity index is 2.02. The van der Waals surface area contributed by atoms with E-state index >= 15 is 0 Å². The van der Waals surface area contributed by atoms with E-state index < -0.39 is 5.97 Å². The molecule has 0 saturated heterocycles. The molecular formula is C21H20O3. The normalized spacial score (nSPS) is 13.6. The van der Waals surface area contributed by atoms with Gasteiger partial charge in [-0.3, -0.25) is 4.79 Å². The Morgan fingerprint density at radius 3 is 2.62 bits per heavy atom. The Kier molecular flexibility index (Phi) is 4.80. The minimum absolute atomic E-state index is 0.0875. The number of carboxylic acid groups (broad SMARTS) is 1. The van der Waals surface area contributed by atoms with Gasteiger partial charge >= 0.3 is 5.97 Å². The first-order valence-electron chi connectivity index (χ1n) is 8.15. The lowest BCUT2D eigenvalue weighted by Crippen LogP contribution is -2.00. The number of hydrogen-bond donors (Lipinski definition) is 2. The predicted molar refractivity (Wildman–Crippen MR) is 95.9 cm³/mol. The highest BCUT2D eigenvalue weighted by atomic mass is 16.4. The van der Waals surface area contributed by atoms with Crippen LogP contribution in [0.5, 0.6) is 5.75 Å². The molecule has 2 aromatic carbocycles. The highest BCUT2D eigenvalue weighted by molar-refractivity contribution is 5.79. The number of phenols is 1. The van der Waals surface area contributed by atoms with E-state index in [1.165, 1.54) is 5.57 Å². The van der Waals surface area contributed by atoms with E-state index in [9.17, 15) is 9.90 Å². The third kappa shape index (κ3) is 3.74. The molecule has 0 saturated carbocycles. The van der Waals surface area contributed by atoms with Crippen molar-refractivity contribution in [1.82, 2.24) is 0 Å². The Bertz CT molecular complexity index is 816. The molecule has 2 N–H and O–H groups in total. The second-order valence-electron chi connectivity index (χ2n) is 5.96. The Morgan fingerprint density at radius 1 is 1.04 bits per heavy atom. The lowest BCUT2D eigenvalue weighted by molar-refractivity contribution is -0.136. The van der Waals surface area contributed by atoms with Crippen LogP contribution in [0.15, 0.2) is 60.7 Å². The first-order chi connectivity index (χ1) is 11.6. The molecule has 3 rings (SSSR count). The molecule has 0 amide bonds. The van der Waals surface area contributed by atoms with Crippen molar-refractivity contribution in [2.24, 2.45) is 0 Å². The van der Waals surface area contributed by atoms with Crippen LogP contribution in [-0.4, -0.2) is 16.2 Å². The van der Waals surface area contributed by atoms with Crippen molar-refractivity contribution in [2.45, 2.75) is 25.7 Å². The third-order valence-corrected chi connectivity index (χ3v) is 4.20. The fourth-order valence-corrected chi connectivity index (χ4v) is 3.00. The summed E-state index contributed by atoms with van der Waals surface area (Å²) < 4.78 is 0. The van der Waals surface area contributed by atoms with E-state index in [4.69, 9.17) is 5.11 Å². The van der Waals surface area contributed by atoms with E-state index in [1.807, 2.05) is 12.1 Å². The zero-order valence-corrected chi connectivity index (χ0v) is 13.4. The SMILES string of the molecule is O=C(O)CCc1cc(C2=CCCC=C2)ccc1-c1cccc(O)c1. The monoisotopic (exact) mass is 320 g/mol. The van der Waals surface area contributed by atoms with Crippen LogP contribution in [0.2, 0.25) is 0 Å². The quantitative estimate of drug-likeness (QED) is 0.831. The van der Waals surface area contributed by atoms with Crippen molar-refractivity contribution in [3.8, 4) is 16.9 Å². The zero-order valence-electron chi connectivity index (χ0n) is 13.4. The zero-order chi connectivity index (χ0) is 16.9. The highest BCUT2D eigenvalue weighted by Crippen LogP contribution is 2.31. The van der Waals surface area contributed by atoms with Gasteiger partial charge in [-0.05, 0) is 59.2 Å². The van der Waals surface area contributed by atoms with Crippen LogP contribution >= 0.6 is 0 Å². The van der Waals surface area contributed by atoms with Crippen molar-refractivity contribution in [3.05, 3.63) is 71.8 Å². The van der Waals surface area contributed by atoms with Gasteiger partial charge in [-0.15, -0.1) is 0 Å². The standard InChI is InChI=1S/C21H20O3/c22-19-8-4-7-17(14-19)20-11-9-16(15-5-2-1-3-6-15)13-18(20)10-12-21(23)24/h2,4-9,11,13-14,22H,1,3,10,12H2,(H,23,24). The van der Waals surface area contributed by atoms with Crippen LogP contribution in [0.1, 0.15) is 30.4 Å². The van der Waals surface area contributed by atoms with Gasteiger partial charge in [0.25, 0.3) is 0 Å². The van der Waals surface area contributed by atoms with E-state index in [2.05, 4.69) is 30.4 Å². The number of carbonyl (C=O) groups is 1.